The number of nitrogens with zero attached hydrogens (tertiary/aromatic N) is 2. The number of morpholine rings is 1. The van der Waals surface area contributed by atoms with E-state index in [2.05, 4.69) is 4.98 Å². The van der Waals surface area contributed by atoms with Crippen LogP contribution in [0, 0.1) is 12.7 Å². The average Bonchev–Trinajstić information content (AvgIpc) is 2.56. The molecule has 1 aromatic carbocycles. The molecule has 114 valence electrons. The molecule has 0 bridgehead atoms. The molecule has 22 heavy (non-hydrogen) atoms. The minimum Gasteiger partial charge on any atom is -0.370 e. The first-order chi connectivity index (χ1) is 10.6. The molecule has 0 unspecified atom stereocenters. The van der Waals surface area contributed by atoms with Crippen molar-refractivity contribution in [3.05, 3.63) is 65.2 Å². The molecule has 1 aromatic heterocycles. The SMILES string of the molecule is Cc1ccc(C(=O)N2CCO[C@@H](c3ccc(F)cc3)C2)cn1. The van der Waals surface area contributed by atoms with Gasteiger partial charge in [0.05, 0.1) is 18.7 Å². The summed E-state index contributed by atoms with van der Waals surface area (Å²) in [5, 5.41) is 0. The number of pyridine rings is 1. The summed E-state index contributed by atoms with van der Waals surface area (Å²) in [4.78, 5) is 18.4. The molecule has 0 radical (unpaired) electrons. The van der Waals surface area contributed by atoms with E-state index < -0.39 is 0 Å². The lowest BCUT2D eigenvalue weighted by atomic mass is 10.1. The molecule has 0 spiro atoms. The molecule has 1 atom stereocenters. The van der Waals surface area contributed by atoms with Crippen LogP contribution < -0.4 is 0 Å². The summed E-state index contributed by atoms with van der Waals surface area (Å²) < 4.78 is 18.7. The second-order valence-corrected chi connectivity index (χ2v) is 5.35. The molecule has 1 saturated heterocycles. The second kappa shape index (κ2) is 6.23. The summed E-state index contributed by atoms with van der Waals surface area (Å²) in [5.74, 6) is -0.332. The van der Waals surface area contributed by atoms with Gasteiger partial charge in [0.2, 0.25) is 0 Å². The van der Waals surface area contributed by atoms with Crippen LogP contribution in [-0.4, -0.2) is 35.5 Å². The molecule has 0 N–H and O–H groups in total. The van der Waals surface area contributed by atoms with Gasteiger partial charge in [0.1, 0.15) is 11.9 Å². The largest absolute Gasteiger partial charge is 0.370 e. The average molecular weight is 300 g/mol. The number of hydrogen-bond donors (Lipinski definition) is 0. The van der Waals surface area contributed by atoms with Gasteiger partial charge < -0.3 is 9.64 Å². The quantitative estimate of drug-likeness (QED) is 0.856. The number of ether oxygens (including phenoxy) is 1. The van der Waals surface area contributed by atoms with Crippen LogP contribution in [0.4, 0.5) is 4.39 Å². The molecule has 3 rings (SSSR count). The number of benzene rings is 1. The van der Waals surface area contributed by atoms with Crippen LogP contribution in [0.5, 0.6) is 0 Å². The van der Waals surface area contributed by atoms with E-state index in [9.17, 15) is 9.18 Å². The number of halogens is 1. The third-order valence-electron chi connectivity index (χ3n) is 3.75. The molecule has 1 aliphatic heterocycles. The van der Waals surface area contributed by atoms with Gasteiger partial charge in [0.25, 0.3) is 5.91 Å². The highest BCUT2D eigenvalue weighted by molar-refractivity contribution is 5.94. The maximum absolute atomic E-state index is 13.0. The molecule has 0 aliphatic carbocycles. The number of aryl methyl sites for hydroxylation is 1. The lowest BCUT2D eigenvalue weighted by Crippen LogP contribution is -2.42. The van der Waals surface area contributed by atoms with Crippen molar-refractivity contribution in [2.24, 2.45) is 0 Å². The van der Waals surface area contributed by atoms with Gasteiger partial charge in [-0.25, -0.2) is 4.39 Å². The molecule has 5 heteroatoms. The zero-order valence-corrected chi connectivity index (χ0v) is 12.3. The Bertz CT molecular complexity index is 655. The maximum Gasteiger partial charge on any atom is 0.255 e. The number of hydrogen-bond acceptors (Lipinski definition) is 3. The van der Waals surface area contributed by atoms with Gasteiger partial charge >= 0.3 is 0 Å². The molecule has 1 aliphatic rings. The summed E-state index contributed by atoms with van der Waals surface area (Å²) in [6.45, 7) is 3.35. The van der Waals surface area contributed by atoms with Gasteiger partial charge in [-0.05, 0) is 36.8 Å². The van der Waals surface area contributed by atoms with Crippen molar-refractivity contribution in [1.82, 2.24) is 9.88 Å². The highest BCUT2D eigenvalue weighted by atomic mass is 19.1. The number of carbonyl (C=O) groups excluding carboxylic acids is 1. The van der Waals surface area contributed by atoms with Crippen LogP contribution in [0.3, 0.4) is 0 Å². The first kappa shape index (κ1) is 14.7. The van der Waals surface area contributed by atoms with Crippen molar-refractivity contribution in [2.75, 3.05) is 19.7 Å². The van der Waals surface area contributed by atoms with E-state index in [4.69, 9.17) is 4.74 Å². The van der Waals surface area contributed by atoms with Gasteiger partial charge in [-0.1, -0.05) is 12.1 Å². The lowest BCUT2D eigenvalue weighted by Gasteiger charge is -2.33. The van der Waals surface area contributed by atoms with Crippen molar-refractivity contribution in [2.45, 2.75) is 13.0 Å². The number of aromatic nitrogens is 1. The van der Waals surface area contributed by atoms with Crippen molar-refractivity contribution in [3.63, 3.8) is 0 Å². The third-order valence-corrected chi connectivity index (χ3v) is 3.75. The summed E-state index contributed by atoms with van der Waals surface area (Å²) >= 11 is 0. The Balaban J connectivity index is 1.73. The highest BCUT2D eigenvalue weighted by Gasteiger charge is 2.26. The molecular weight excluding hydrogens is 283 g/mol. The Morgan fingerprint density at radius 1 is 1.27 bits per heavy atom. The van der Waals surface area contributed by atoms with Crippen LogP contribution >= 0.6 is 0 Å². The molecule has 4 nitrogen and oxygen atoms in total. The smallest absolute Gasteiger partial charge is 0.255 e. The monoisotopic (exact) mass is 300 g/mol. The fourth-order valence-corrected chi connectivity index (χ4v) is 2.49. The zero-order chi connectivity index (χ0) is 15.5. The van der Waals surface area contributed by atoms with Gasteiger partial charge in [-0.2, -0.15) is 0 Å². The molecule has 2 heterocycles. The lowest BCUT2D eigenvalue weighted by molar-refractivity contribution is -0.0228. The third kappa shape index (κ3) is 3.14. The minimum absolute atomic E-state index is 0.0529. The highest BCUT2D eigenvalue weighted by Crippen LogP contribution is 2.23. The van der Waals surface area contributed by atoms with Crippen LogP contribution in [0.1, 0.15) is 27.7 Å². The summed E-state index contributed by atoms with van der Waals surface area (Å²) in [5.41, 5.74) is 2.33. The fraction of sp³-hybridized carbons (Fsp3) is 0.294. The molecule has 1 amide bonds. The normalized spacial score (nSPS) is 18.3. The van der Waals surface area contributed by atoms with E-state index >= 15 is 0 Å². The van der Waals surface area contributed by atoms with Gasteiger partial charge in [-0.3, -0.25) is 9.78 Å². The van der Waals surface area contributed by atoms with E-state index in [-0.39, 0.29) is 17.8 Å². The van der Waals surface area contributed by atoms with Crippen molar-refractivity contribution in [1.29, 1.82) is 0 Å². The first-order valence-electron chi connectivity index (χ1n) is 7.22. The minimum atomic E-state index is -0.279. The zero-order valence-electron chi connectivity index (χ0n) is 12.3. The molecular formula is C17H17FN2O2. The molecule has 1 fully saturated rings. The number of amides is 1. The first-order valence-corrected chi connectivity index (χ1v) is 7.22. The van der Waals surface area contributed by atoms with E-state index in [0.717, 1.165) is 11.3 Å². The van der Waals surface area contributed by atoms with Gasteiger partial charge in [-0.15, -0.1) is 0 Å². The Morgan fingerprint density at radius 3 is 2.73 bits per heavy atom. The standard InChI is InChI=1S/C17H17FN2O2/c1-12-2-3-14(10-19-12)17(21)20-8-9-22-16(11-20)13-4-6-15(18)7-5-13/h2-7,10,16H,8-9,11H2,1H3/t16-/m1/s1. The van der Waals surface area contributed by atoms with E-state index in [1.165, 1.54) is 12.1 Å². The predicted octanol–water partition coefficient (Wildman–Crippen LogP) is 2.74. The predicted molar refractivity (Wildman–Crippen MR) is 80.0 cm³/mol. The Kier molecular flexibility index (Phi) is 4.15. The Hall–Kier alpha value is -2.27. The van der Waals surface area contributed by atoms with Crippen molar-refractivity contribution >= 4 is 5.91 Å². The number of rotatable bonds is 2. The maximum atomic E-state index is 13.0. The van der Waals surface area contributed by atoms with E-state index in [0.29, 0.717) is 25.3 Å². The summed E-state index contributed by atoms with van der Waals surface area (Å²) in [6, 6.07) is 9.81. The number of carbonyl (C=O) groups is 1. The van der Waals surface area contributed by atoms with Gasteiger partial charge in [0.15, 0.2) is 0 Å². The second-order valence-electron chi connectivity index (χ2n) is 5.35. The fourth-order valence-electron chi connectivity index (χ4n) is 2.49. The Morgan fingerprint density at radius 2 is 2.05 bits per heavy atom. The van der Waals surface area contributed by atoms with Crippen LogP contribution in [0.2, 0.25) is 0 Å². The van der Waals surface area contributed by atoms with E-state index in [1.807, 2.05) is 13.0 Å². The van der Waals surface area contributed by atoms with Crippen molar-refractivity contribution in [3.8, 4) is 0 Å². The summed E-state index contributed by atoms with van der Waals surface area (Å²) in [6.07, 6.45) is 1.37. The van der Waals surface area contributed by atoms with E-state index in [1.54, 1.807) is 29.3 Å². The van der Waals surface area contributed by atoms with Crippen LogP contribution in [-0.2, 0) is 4.74 Å². The van der Waals surface area contributed by atoms with Gasteiger partial charge in [0, 0.05) is 18.4 Å². The van der Waals surface area contributed by atoms with Crippen molar-refractivity contribution < 1.29 is 13.9 Å². The summed E-state index contributed by atoms with van der Waals surface area (Å²) in [7, 11) is 0. The molecule has 2 aromatic rings. The Labute approximate surface area is 128 Å². The van der Waals surface area contributed by atoms with Crippen LogP contribution in [0.15, 0.2) is 42.6 Å². The molecule has 0 saturated carbocycles. The van der Waals surface area contributed by atoms with Crippen LogP contribution in [0.25, 0.3) is 0 Å². The topological polar surface area (TPSA) is 42.4 Å².